The van der Waals surface area contributed by atoms with E-state index in [1.165, 1.54) is 6.42 Å². The number of furan rings is 1. The maximum Gasteiger partial charge on any atom is 0.274 e. The number of carbonyl (C=O) groups is 1. The summed E-state index contributed by atoms with van der Waals surface area (Å²) in [5.74, 6) is 1.57. The van der Waals surface area contributed by atoms with Crippen LogP contribution in [0.1, 0.15) is 41.9 Å². The lowest BCUT2D eigenvalue weighted by atomic mass is 9.98. The number of aryl methyl sites for hydroxylation is 1. The molecule has 0 bridgehead atoms. The minimum Gasteiger partial charge on any atom is -0.460 e. The molecule has 2 aromatic heterocycles. The molecule has 2 saturated heterocycles. The average molecular weight is 372 g/mol. The van der Waals surface area contributed by atoms with Gasteiger partial charge in [-0.05, 0) is 44.7 Å². The Morgan fingerprint density at radius 2 is 2.11 bits per heavy atom. The molecule has 7 nitrogen and oxygen atoms in total. The number of amides is 1. The molecule has 7 heteroatoms. The minimum atomic E-state index is 0.0208. The molecule has 1 N–H and O–H groups in total. The Kier molecular flexibility index (Phi) is 5.59. The molecule has 4 rings (SSSR count). The van der Waals surface area contributed by atoms with Gasteiger partial charge in [0.1, 0.15) is 11.5 Å². The van der Waals surface area contributed by atoms with Crippen LogP contribution < -0.4 is 0 Å². The average Bonchev–Trinajstić information content (AvgIpc) is 3.36. The van der Waals surface area contributed by atoms with E-state index in [-0.39, 0.29) is 5.91 Å². The van der Waals surface area contributed by atoms with Crippen molar-refractivity contribution >= 4 is 5.91 Å². The number of morpholine rings is 1. The number of nitrogens with zero attached hydrogens (tertiary/aromatic N) is 3. The number of aromatic amines is 1. The summed E-state index contributed by atoms with van der Waals surface area (Å²) in [5, 5.41) is 7.20. The molecule has 1 amide bonds. The largest absolute Gasteiger partial charge is 0.460 e. The highest BCUT2D eigenvalue weighted by atomic mass is 16.5. The lowest BCUT2D eigenvalue weighted by Gasteiger charge is -2.37. The third-order valence-electron chi connectivity index (χ3n) is 5.57. The summed E-state index contributed by atoms with van der Waals surface area (Å²) in [7, 11) is 0. The maximum absolute atomic E-state index is 13.1. The van der Waals surface area contributed by atoms with E-state index in [4.69, 9.17) is 9.15 Å². The van der Waals surface area contributed by atoms with Crippen molar-refractivity contribution in [2.75, 3.05) is 39.4 Å². The smallest absolute Gasteiger partial charge is 0.274 e. The van der Waals surface area contributed by atoms with E-state index < -0.39 is 0 Å². The fourth-order valence-electron chi connectivity index (χ4n) is 4.01. The number of nitrogens with one attached hydrogen (secondary N) is 1. The summed E-state index contributed by atoms with van der Waals surface area (Å²) in [6.45, 7) is 7.35. The second-order valence-corrected chi connectivity index (χ2v) is 7.47. The van der Waals surface area contributed by atoms with Crippen LogP contribution in [0, 0.1) is 6.92 Å². The van der Waals surface area contributed by atoms with Crippen LogP contribution in [0.25, 0.3) is 11.5 Å². The van der Waals surface area contributed by atoms with Crippen LogP contribution in [0.4, 0.5) is 0 Å². The molecule has 27 heavy (non-hydrogen) atoms. The van der Waals surface area contributed by atoms with Gasteiger partial charge in [-0.3, -0.25) is 14.8 Å². The Morgan fingerprint density at radius 3 is 2.89 bits per heavy atom. The van der Waals surface area contributed by atoms with Crippen molar-refractivity contribution in [2.24, 2.45) is 0 Å². The molecule has 0 spiro atoms. The number of hydrogen-bond acceptors (Lipinski definition) is 5. The number of ether oxygens (including phenoxy) is 1. The second kappa shape index (κ2) is 8.27. The Bertz CT molecular complexity index is 763. The normalized spacial score (nSPS) is 21.5. The standard InChI is InChI=1S/C20H28N4O3/c1-15-5-6-19(27-15)17-14-18(22-21-17)20(25)24-8-3-2-4-16(24)7-9-23-10-12-26-13-11-23/h5-6,14,16H,2-4,7-13H2,1H3,(H,21,22)/t16-/m0/s1. The topological polar surface area (TPSA) is 74.6 Å². The van der Waals surface area contributed by atoms with Gasteiger partial charge in [0.05, 0.1) is 13.2 Å². The van der Waals surface area contributed by atoms with Gasteiger partial charge < -0.3 is 14.1 Å². The molecule has 2 fully saturated rings. The number of rotatable bonds is 5. The summed E-state index contributed by atoms with van der Waals surface area (Å²) in [6, 6.07) is 5.89. The highest BCUT2D eigenvalue weighted by Gasteiger charge is 2.29. The highest BCUT2D eigenvalue weighted by molar-refractivity contribution is 5.93. The summed E-state index contributed by atoms with van der Waals surface area (Å²) >= 11 is 0. The van der Waals surface area contributed by atoms with Crippen LogP contribution in [0.2, 0.25) is 0 Å². The SMILES string of the molecule is Cc1ccc(-c2cc(C(=O)N3CCCC[C@H]3CCN3CCOCC3)n[nH]2)o1. The predicted molar refractivity (Wildman–Crippen MR) is 102 cm³/mol. The zero-order chi connectivity index (χ0) is 18.6. The summed E-state index contributed by atoms with van der Waals surface area (Å²) in [5.41, 5.74) is 1.21. The predicted octanol–water partition coefficient (Wildman–Crippen LogP) is 2.70. The van der Waals surface area contributed by atoms with Gasteiger partial charge in [-0.1, -0.05) is 0 Å². The van der Waals surface area contributed by atoms with E-state index in [0.29, 0.717) is 17.5 Å². The molecular weight excluding hydrogens is 344 g/mol. The van der Waals surface area contributed by atoms with Crippen molar-refractivity contribution in [1.29, 1.82) is 0 Å². The first-order chi connectivity index (χ1) is 13.2. The van der Waals surface area contributed by atoms with Crippen molar-refractivity contribution in [1.82, 2.24) is 20.0 Å². The fourth-order valence-corrected chi connectivity index (χ4v) is 4.01. The first-order valence-electron chi connectivity index (χ1n) is 9.94. The maximum atomic E-state index is 13.1. The molecule has 1 atom stereocenters. The van der Waals surface area contributed by atoms with Crippen LogP contribution >= 0.6 is 0 Å². The molecular formula is C20H28N4O3. The Labute approximate surface area is 159 Å². The van der Waals surface area contributed by atoms with Crippen LogP contribution in [-0.4, -0.2) is 71.3 Å². The van der Waals surface area contributed by atoms with E-state index in [9.17, 15) is 4.79 Å². The molecule has 4 heterocycles. The van der Waals surface area contributed by atoms with E-state index >= 15 is 0 Å². The van der Waals surface area contributed by atoms with Gasteiger partial charge in [0.15, 0.2) is 11.5 Å². The zero-order valence-electron chi connectivity index (χ0n) is 15.9. The van der Waals surface area contributed by atoms with Crippen LogP contribution in [0.3, 0.4) is 0 Å². The summed E-state index contributed by atoms with van der Waals surface area (Å²) < 4.78 is 11.0. The molecule has 2 aliphatic heterocycles. The molecule has 0 unspecified atom stereocenters. The highest BCUT2D eigenvalue weighted by Crippen LogP contribution is 2.25. The van der Waals surface area contributed by atoms with Gasteiger partial charge in [-0.15, -0.1) is 0 Å². The van der Waals surface area contributed by atoms with Gasteiger partial charge in [0, 0.05) is 38.3 Å². The summed E-state index contributed by atoms with van der Waals surface area (Å²) in [6.07, 6.45) is 4.34. The van der Waals surface area contributed by atoms with Crippen molar-refractivity contribution in [3.63, 3.8) is 0 Å². The second-order valence-electron chi connectivity index (χ2n) is 7.47. The molecule has 0 saturated carbocycles. The van der Waals surface area contributed by atoms with E-state index in [2.05, 4.69) is 15.1 Å². The van der Waals surface area contributed by atoms with Crippen molar-refractivity contribution in [2.45, 2.75) is 38.6 Å². The first kappa shape index (κ1) is 18.3. The first-order valence-corrected chi connectivity index (χ1v) is 9.94. The molecule has 2 aromatic rings. The van der Waals surface area contributed by atoms with Crippen LogP contribution in [-0.2, 0) is 4.74 Å². The van der Waals surface area contributed by atoms with Crippen molar-refractivity contribution < 1.29 is 13.9 Å². The number of hydrogen-bond donors (Lipinski definition) is 1. The quantitative estimate of drug-likeness (QED) is 0.873. The fraction of sp³-hybridized carbons (Fsp3) is 0.600. The van der Waals surface area contributed by atoms with Gasteiger partial charge in [0.2, 0.25) is 0 Å². The Balaban J connectivity index is 1.41. The third-order valence-corrected chi connectivity index (χ3v) is 5.57. The van der Waals surface area contributed by atoms with Gasteiger partial charge in [-0.25, -0.2) is 0 Å². The van der Waals surface area contributed by atoms with Crippen molar-refractivity contribution in [3.05, 3.63) is 29.7 Å². The molecule has 146 valence electrons. The molecule has 2 aliphatic rings. The number of likely N-dealkylation sites (tertiary alicyclic amines) is 1. The number of aromatic nitrogens is 2. The third kappa shape index (κ3) is 4.25. The lowest BCUT2D eigenvalue weighted by molar-refractivity contribution is 0.0295. The summed E-state index contributed by atoms with van der Waals surface area (Å²) in [4.78, 5) is 17.6. The zero-order valence-corrected chi connectivity index (χ0v) is 15.9. The van der Waals surface area contributed by atoms with E-state index in [1.54, 1.807) is 6.07 Å². The Hall–Kier alpha value is -2.12. The number of carbonyl (C=O) groups excluding carboxylic acids is 1. The molecule has 0 aromatic carbocycles. The Morgan fingerprint density at radius 1 is 1.26 bits per heavy atom. The monoisotopic (exact) mass is 372 g/mol. The van der Waals surface area contributed by atoms with E-state index in [1.807, 2.05) is 24.0 Å². The van der Waals surface area contributed by atoms with Gasteiger partial charge >= 0.3 is 0 Å². The number of H-pyrrole nitrogens is 1. The number of piperidine rings is 1. The van der Waals surface area contributed by atoms with Crippen molar-refractivity contribution in [3.8, 4) is 11.5 Å². The molecule has 0 aliphatic carbocycles. The minimum absolute atomic E-state index is 0.0208. The molecule has 0 radical (unpaired) electrons. The lowest BCUT2D eigenvalue weighted by Crippen LogP contribution is -2.46. The van der Waals surface area contributed by atoms with E-state index in [0.717, 1.165) is 70.1 Å². The van der Waals surface area contributed by atoms with Gasteiger partial charge in [0.25, 0.3) is 5.91 Å². The van der Waals surface area contributed by atoms with Gasteiger partial charge in [-0.2, -0.15) is 5.10 Å². The van der Waals surface area contributed by atoms with Crippen LogP contribution in [0.5, 0.6) is 0 Å². The van der Waals surface area contributed by atoms with Crippen LogP contribution in [0.15, 0.2) is 22.6 Å².